The van der Waals surface area contributed by atoms with Gasteiger partial charge in [0.15, 0.2) is 0 Å². The number of urea groups is 1. The Balaban J connectivity index is 1.59. The van der Waals surface area contributed by atoms with E-state index in [4.69, 9.17) is 4.52 Å². The lowest BCUT2D eigenvalue weighted by atomic mass is 9.97. The van der Waals surface area contributed by atoms with E-state index in [2.05, 4.69) is 22.4 Å². The maximum absolute atomic E-state index is 12.6. The summed E-state index contributed by atoms with van der Waals surface area (Å²) in [5.74, 6) is 1.26. The number of nitrogens with zero attached hydrogens (tertiary/aromatic N) is 3. The summed E-state index contributed by atoms with van der Waals surface area (Å²) in [6, 6.07) is -0.0557. The average Bonchev–Trinajstić information content (AvgIpc) is 3.24. The van der Waals surface area contributed by atoms with E-state index in [1.807, 2.05) is 30.3 Å². The van der Waals surface area contributed by atoms with Crippen LogP contribution in [0.3, 0.4) is 0 Å². The molecule has 1 N–H and O–H groups in total. The molecule has 2 aromatic heterocycles. The molecule has 0 unspecified atom stereocenters. The molecular weight excluding hydrogens is 324 g/mol. The van der Waals surface area contributed by atoms with Crippen LogP contribution in [-0.4, -0.2) is 34.2 Å². The molecule has 0 aliphatic carbocycles. The number of aromatic nitrogens is 2. The zero-order chi connectivity index (χ0) is 17.1. The molecule has 0 spiro atoms. The summed E-state index contributed by atoms with van der Waals surface area (Å²) in [6.07, 6.45) is 4.62. The van der Waals surface area contributed by atoms with E-state index in [0.29, 0.717) is 5.92 Å². The van der Waals surface area contributed by atoms with Crippen molar-refractivity contribution in [3.8, 4) is 0 Å². The van der Waals surface area contributed by atoms with Gasteiger partial charge in [0.05, 0.1) is 16.7 Å². The molecule has 0 aromatic carbocycles. The van der Waals surface area contributed by atoms with Gasteiger partial charge in [-0.3, -0.25) is 0 Å². The van der Waals surface area contributed by atoms with Crippen LogP contribution in [0.25, 0.3) is 0 Å². The van der Waals surface area contributed by atoms with Gasteiger partial charge in [-0.1, -0.05) is 12.1 Å². The highest BCUT2D eigenvalue weighted by Crippen LogP contribution is 2.30. The van der Waals surface area contributed by atoms with Crippen LogP contribution >= 0.6 is 11.3 Å². The monoisotopic (exact) mass is 348 g/mol. The summed E-state index contributed by atoms with van der Waals surface area (Å²) < 4.78 is 5.24. The molecule has 1 fully saturated rings. The van der Waals surface area contributed by atoms with Crippen LogP contribution < -0.4 is 5.32 Å². The predicted molar refractivity (Wildman–Crippen MR) is 93.2 cm³/mol. The Hall–Kier alpha value is -1.89. The van der Waals surface area contributed by atoms with Crippen LogP contribution in [-0.2, 0) is 0 Å². The van der Waals surface area contributed by atoms with E-state index in [9.17, 15) is 4.79 Å². The van der Waals surface area contributed by atoms with Crippen molar-refractivity contribution in [2.24, 2.45) is 0 Å². The van der Waals surface area contributed by atoms with Gasteiger partial charge in [0.1, 0.15) is 5.76 Å². The molecule has 24 heavy (non-hydrogen) atoms. The van der Waals surface area contributed by atoms with Crippen LogP contribution in [0.1, 0.15) is 60.2 Å². The number of thiazole rings is 1. The molecular formula is C17H24N4O2S. The fourth-order valence-corrected chi connectivity index (χ4v) is 4.18. The van der Waals surface area contributed by atoms with E-state index >= 15 is 0 Å². The third-order valence-corrected chi connectivity index (χ3v) is 5.66. The molecule has 3 heterocycles. The number of carbonyl (C=O) groups excluding carboxylic acids is 1. The molecule has 0 radical (unpaired) electrons. The average molecular weight is 348 g/mol. The molecule has 0 bridgehead atoms. The second-order valence-corrected chi connectivity index (χ2v) is 7.21. The first kappa shape index (κ1) is 17.0. The number of likely N-dealkylation sites (tertiary alicyclic amines) is 1. The summed E-state index contributed by atoms with van der Waals surface area (Å²) in [4.78, 5) is 18.9. The number of amides is 2. The lowest BCUT2D eigenvalue weighted by molar-refractivity contribution is 0.177. The van der Waals surface area contributed by atoms with Crippen LogP contribution in [0.5, 0.6) is 0 Å². The SMILES string of the molecule is CC[C@@H](NC(=O)N1CCC(c2nccs2)CC1)c1c(C)noc1C. The first-order valence-electron chi connectivity index (χ1n) is 8.47. The van der Waals surface area contributed by atoms with Gasteiger partial charge in [-0.2, -0.15) is 0 Å². The fourth-order valence-electron chi connectivity index (χ4n) is 3.37. The van der Waals surface area contributed by atoms with Crippen LogP contribution in [0, 0.1) is 13.8 Å². The molecule has 0 saturated carbocycles. The zero-order valence-corrected chi connectivity index (χ0v) is 15.2. The number of nitrogens with one attached hydrogen (secondary N) is 1. The van der Waals surface area contributed by atoms with E-state index in [0.717, 1.165) is 49.4 Å². The van der Waals surface area contributed by atoms with Crippen LogP contribution in [0.15, 0.2) is 16.1 Å². The molecule has 1 saturated heterocycles. The quantitative estimate of drug-likeness (QED) is 0.912. The Morgan fingerprint density at radius 3 is 2.75 bits per heavy atom. The first-order valence-corrected chi connectivity index (χ1v) is 9.35. The second-order valence-electron chi connectivity index (χ2n) is 6.28. The topological polar surface area (TPSA) is 71.3 Å². The summed E-state index contributed by atoms with van der Waals surface area (Å²) in [6.45, 7) is 7.41. The summed E-state index contributed by atoms with van der Waals surface area (Å²) in [5, 5.41) is 10.4. The maximum Gasteiger partial charge on any atom is 0.317 e. The number of carbonyl (C=O) groups is 1. The number of hydrogen-bond acceptors (Lipinski definition) is 5. The van der Waals surface area contributed by atoms with Crippen LogP contribution in [0.4, 0.5) is 4.79 Å². The number of hydrogen-bond donors (Lipinski definition) is 1. The molecule has 1 aliphatic rings. The highest BCUT2D eigenvalue weighted by Gasteiger charge is 2.27. The highest BCUT2D eigenvalue weighted by atomic mass is 32.1. The maximum atomic E-state index is 12.6. The van der Waals surface area contributed by atoms with Gasteiger partial charge < -0.3 is 14.7 Å². The molecule has 7 heteroatoms. The van der Waals surface area contributed by atoms with E-state index < -0.39 is 0 Å². The van der Waals surface area contributed by atoms with Crippen molar-refractivity contribution >= 4 is 17.4 Å². The van der Waals surface area contributed by atoms with E-state index in [1.165, 1.54) is 5.01 Å². The molecule has 3 rings (SSSR count). The standard InChI is InChI=1S/C17H24N4O2S/c1-4-14(15-11(2)20-23-12(15)3)19-17(22)21-8-5-13(6-9-21)16-18-7-10-24-16/h7,10,13-14H,4-6,8-9H2,1-3H3,(H,19,22)/t14-/m1/s1. The minimum absolute atomic E-state index is 0.000520. The lowest BCUT2D eigenvalue weighted by Crippen LogP contribution is -2.45. The van der Waals surface area contributed by atoms with Gasteiger partial charge >= 0.3 is 6.03 Å². The van der Waals surface area contributed by atoms with Crippen molar-refractivity contribution < 1.29 is 9.32 Å². The Labute approximate surface area is 146 Å². The second kappa shape index (κ2) is 7.34. The molecule has 130 valence electrons. The van der Waals surface area contributed by atoms with Crippen molar-refractivity contribution in [3.05, 3.63) is 33.6 Å². The van der Waals surface area contributed by atoms with Gasteiger partial charge in [-0.15, -0.1) is 11.3 Å². The molecule has 1 atom stereocenters. The largest absolute Gasteiger partial charge is 0.361 e. The molecule has 2 aromatic rings. The minimum Gasteiger partial charge on any atom is -0.361 e. The molecule has 2 amide bonds. The van der Waals surface area contributed by atoms with Gasteiger partial charge in [0, 0.05) is 36.1 Å². The number of aryl methyl sites for hydroxylation is 2. The van der Waals surface area contributed by atoms with E-state index in [1.54, 1.807) is 11.3 Å². The van der Waals surface area contributed by atoms with Crippen molar-refractivity contribution in [1.82, 2.24) is 20.4 Å². The van der Waals surface area contributed by atoms with Crippen LogP contribution in [0.2, 0.25) is 0 Å². The van der Waals surface area contributed by atoms with Gasteiger partial charge in [0.25, 0.3) is 0 Å². The lowest BCUT2D eigenvalue weighted by Gasteiger charge is -2.32. The Bertz CT molecular complexity index is 655. The Morgan fingerprint density at radius 1 is 1.46 bits per heavy atom. The van der Waals surface area contributed by atoms with Gasteiger partial charge in [-0.05, 0) is 33.1 Å². The normalized spacial score (nSPS) is 17.0. The molecule has 6 nitrogen and oxygen atoms in total. The Kier molecular flexibility index (Phi) is 5.18. The Morgan fingerprint density at radius 2 is 2.21 bits per heavy atom. The number of rotatable bonds is 4. The fraction of sp³-hybridized carbons (Fsp3) is 0.588. The summed E-state index contributed by atoms with van der Waals surface area (Å²) in [5.41, 5.74) is 1.85. The van der Waals surface area contributed by atoms with Crippen molar-refractivity contribution in [1.29, 1.82) is 0 Å². The summed E-state index contributed by atoms with van der Waals surface area (Å²) in [7, 11) is 0. The zero-order valence-electron chi connectivity index (χ0n) is 14.4. The predicted octanol–water partition coefficient (Wildman–Crippen LogP) is 3.79. The van der Waals surface area contributed by atoms with Crippen molar-refractivity contribution in [3.63, 3.8) is 0 Å². The van der Waals surface area contributed by atoms with Crippen molar-refractivity contribution in [2.45, 2.75) is 52.0 Å². The molecule has 1 aliphatic heterocycles. The third kappa shape index (κ3) is 3.45. The van der Waals surface area contributed by atoms with Gasteiger partial charge in [-0.25, -0.2) is 9.78 Å². The smallest absolute Gasteiger partial charge is 0.317 e. The van der Waals surface area contributed by atoms with Crippen molar-refractivity contribution in [2.75, 3.05) is 13.1 Å². The van der Waals surface area contributed by atoms with E-state index in [-0.39, 0.29) is 12.1 Å². The highest BCUT2D eigenvalue weighted by molar-refractivity contribution is 7.09. The number of piperidine rings is 1. The summed E-state index contributed by atoms with van der Waals surface area (Å²) >= 11 is 1.71. The third-order valence-electron chi connectivity index (χ3n) is 4.73. The minimum atomic E-state index is -0.0552. The van der Waals surface area contributed by atoms with Gasteiger partial charge in [0.2, 0.25) is 0 Å². The first-order chi connectivity index (χ1) is 11.6.